The second-order valence-corrected chi connectivity index (χ2v) is 3.84. The standard InChI is InChI=1S/C15H17NO/c1-2-12-17-15-11-7-6-10-14(15)16-13-8-4-3-5-9-13/h3-11,16H,2,12H2,1H3. The average Bonchev–Trinajstić information content (AvgIpc) is 2.39. The van der Waals surface area contributed by atoms with Gasteiger partial charge in [0.2, 0.25) is 0 Å². The van der Waals surface area contributed by atoms with Gasteiger partial charge >= 0.3 is 0 Å². The molecule has 2 nitrogen and oxygen atoms in total. The first-order valence-electron chi connectivity index (χ1n) is 5.94. The first kappa shape index (κ1) is 11.5. The van der Waals surface area contributed by atoms with Crippen LogP contribution in [-0.2, 0) is 0 Å². The Labute approximate surface area is 102 Å². The summed E-state index contributed by atoms with van der Waals surface area (Å²) in [5, 5.41) is 3.36. The molecule has 2 aromatic carbocycles. The lowest BCUT2D eigenvalue weighted by Gasteiger charge is -2.12. The Morgan fingerprint density at radius 1 is 0.941 bits per heavy atom. The molecule has 0 bridgehead atoms. The monoisotopic (exact) mass is 227 g/mol. The quantitative estimate of drug-likeness (QED) is 0.825. The number of hydrogen-bond donors (Lipinski definition) is 1. The zero-order valence-corrected chi connectivity index (χ0v) is 10.0. The molecule has 2 heteroatoms. The highest BCUT2D eigenvalue weighted by Crippen LogP contribution is 2.27. The topological polar surface area (TPSA) is 21.3 Å². The van der Waals surface area contributed by atoms with Gasteiger partial charge in [0.25, 0.3) is 0 Å². The van der Waals surface area contributed by atoms with Crippen LogP contribution >= 0.6 is 0 Å². The molecule has 0 saturated carbocycles. The summed E-state index contributed by atoms with van der Waals surface area (Å²) in [7, 11) is 0. The second kappa shape index (κ2) is 5.94. The number of benzene rings is 2. The third kappa shape index (κ3) is 3.25. The summed E-state index contributed by atoms with van der Waals surface area (Å²) in [6, 6.07) is 18.1. The first-order chi connectivity index (χ1) is 8.40. The molecule has 0 atom stereocenters. The van der Waals surface area contributed by atoms with E-state index in [1.54, 1.807) is 0 Å². The molecule has 0 spiro atoms. The van der Waals surface area contributed by atoms with E-state index in [9.17, 15) is 0 Å². The summed E-state index contributed by atoms with van der Waals surface area (Å²) in [5.74, 6) is 0.901. The van der Waals surface area contributed by atoms with E-state index in [1.807, 2.05) is 54.6 Å². The maximum Gasteiger partial charge on any atom is 0.142 e. The minimum atomic E-state index is 0.744. The van der Waals surface area contributed by atoms with Gasteiger partial charge in [-0.1, -0.05) is 37.3 Å². The number of ether oxygens (including phenoxy) is 1. The van der Waals surface area contributed by atoms with Crippen LogP contribution in [0.5, 0.6) is 5.75 Å². The molecular formula is C15H17NO. The van der Waals surface area contributed by atoms with E-state index in [2.05, 4.69) is 12.2 Å². The highest BCUT2D eigenvalue weighted by molar-refractivity contribution is 5.65. The number of para-hydroxylation sites is 3. The maximum absolute atomic E-state index is 5.70. The lowest BCUT2D eigenvalue weighted by molar-refractivity contribution is 0.319. The van der Waals surface area contributed by atoms with Gasteiger partial charge in [-0.25, -0.2) is 0 Å². The molecule has 1 N–H and O–H groups in total. The van der Waals surface area contributed by atoms with E-state index in [1.165, 1.54) is 0 Å². The molecule has 2 aromatic rings. The molecule has 0 saturated heterocycles. The van der Waals surface area contributed by atoms with E-state index in [4.69, 9.17) is 4.74 Å². The normalized spacial score (nSPS) is 9.94. The Kier molecular flexibility index (Phi) is 4.03. The van der Waals surface area contributed by atoms with Gasteiger partial charge in [-0.05, 0) is 30.7 Å². The number of nitrogens with one attached hydrogen (secondary N) is 1. The van der Waals surface area contributed by atoms with Crippen LogP contribution in [0.15, 0.2) is 54.6 Å². The van der Waals surface area contributed by atoms with Crippen molar-refractivity contribution in [1.29, 1.82) is 0 Å². The lowest BCUT2D eigenvalue weighted by atomic mass is 10.2. The van der Waals surface area contributed by atoms with Crippen molar-refractivity contribution >= 4 is 11.4 Å². The van der Waals surface area contributed by atoms with Crippen molar-refractivity contribution in [3.05, 3.63) is 54.6 Å². The van der Waals surface area contributed by atoms with Gasteiger partial charge in [-0.3, -0.25) is 0 Å². The molecular weight excluding hydrogens is 210 g/mol. The van der Waals surface area contributed by atoms with E-state index in [-0.39, 0.29) is 0 Å². The van der Waals surface area contributed by atoms with Crippen LogP contribution in [-0.4, -0.2) is 6.61 Å². The van der Waals surface area contributed by atoms with E-state index in [0.29, 0.717) is 0 Å². The zero-order valence-electron chi connectivity index (χ0n) is 10.0. The summed E-state index contributed by atoms with van der Waals surface area (Å²) in [6.07, 6.45) is 1.01. The Morgan fingerprint density at radius 3 is 2.41 bits per heavy atom. The summed E-state index contributed by atoms with van der Waals surface area (Å²) in [5.41, 5.74) is 2.08. The van der Waals surface area contributed by atoms with Crippen molar-refractivity contribution in [3.8, 4) is 5.75 Å². The smallest absolute Gasteiger partial charge is 0.142 e. The van der Waals surface area contributed by atoms with Gasteiger partial charge in [0.1, 0.15) is 5.75 Å². The molecule has 0 aliphatic rings. The third-order valence-electron chi connectivity index (χ3n) is 2.40. The molecule has 17 heavy (non-hydrogen) atoms. The van der Waals surface area contributed by atoms with Gasteiger partial charge in [0.05, 0.1) is 12.3 Å². The minimum absolute atomic E-state index is 0.744. The highest BCUT2D eigenvalue weighted by atomic mass is 16.5. The first-order valence-corrected chi connectivity index (χ1v) is 5.94. The largest absolute Gasteiger partial charge is 0.491 e. The van der Waals surface area contributed by atoms with Gasteiger partial charge in [-0.2, -0.15) is 0 Å². The molecule has 0 aliphatic carbocycles. The van der Waals surface area contributed by atoms with Crippen LogP contribution in [0.1, 0.15) is 13.3 Å². The zero-order chi connectivity index (χ0) is 11.9. The van der Waals surface area contributed by atoms with Crippen LogP contribution in [0.25, 0.3) is 0 Å². The van der Waals surface area contributed by atoms with E-state index < -0.39 is 0 Å². The fourth-order valence-corrected chi connectivity index (χ4v) is 1.58. The van der Waals surface area contributed by atoms with Crippen LogP contribution in [0, 0.1) is 0 Å². The predicted molar refractivity (Wildman–Crippen MR) is 72.0 cm³/mol. The average molecular weight is 227 g/mol. The SMILES string of the molecule is CCCOc1ccccc1Nc1ccccc1. The van der Waals surface area contributed by atoms with Crippen molar-refractivity contribution in [1.82, 2.24) is 0 Å². The molecule has 0 unspecified atom stereocenters. The predicted octanol–water partition coefficient (Wildman–Crippen LogP) is 4.22. The molecule has 0 aliphatic heterocycles. The van der Waals surface area contributed by atoms with Crippen molar-refractivity contribution in [3.63, 3.8) is 0 Å². The van der Waals surface area contributed by atoms with E-state index in [0.717, 1.165) is 30.2 Å². The Bertz CT molecular complexity index is 453. The minimum Gasteiger partial charge on any atom is -0.491 e. The van der Waals surface area contributed by atoms with Crippen LogP contribution in [0.4, 0.5) is 11.4 Å². The van der Waals surface area contributed by atoms with Gasteiger partial charge in [0.15, 0.2) is 0 Å². The Hall–Kier alpha value is -1.96. The van der Waals surface area contributed by atoms with Crippen LogP contribution in [0.2, 0.25) is 0 Å². The number of hydrogen-bond acceptors (Lipinski definition) is 2. The molecule has 0 radical (unpaired) electrons. The Morgan fingerprint density at radius 2 is 1.65 bits per heavy atom. The second-order valence-electron chi connectivity index (χ2n) is 3.84. The highest BCUT2D eigenvalue weighted by Gasteiger charge is 2.02. The van der Waals surface area contributed by atoms with E-state index >= 15 is 0 Å². The molecule has 0 fully saturated rings. The third-order valence-corrected chi connectivity index (χ3v) is 2.40. The van der Waals surface area contributed by atoms with Gasteiger partial charge in [-0.15, -0.1) is 0 Å². The molecule has 0 heterocycles. The maximum atomic E-state index is 5.70. The van der Waals surface area contributed by atoms with Crippen molar-refractivity contribution < 1.29 is 4.74 Å². The molecule has 88 valence electrons. The summed E-state index contributed by atoms with van der Waals surface area (Å²) >= 11 is 0. The fraction of sp³-hybridized carbons (Fsp3) is 0.200. The van der Waals surface area contributed by atoms with Crippen molar-refractivity contribution in [2.75, 3.05) is 11.9 Å². The molecule has 0 amide bonds. The van der Waals surface area contributed by atoms with Crippen LogP contribution < -0.4 is 10.1 Å². The number of anilines is 2. The fourth-order valence-electron chi connectivity index (χ4n) is 1.58. The summed E-state index contributed by atoms with van der Waals surface area (Å²) in [4.78, 5) is 0. The van der Waals surface area contributed by atoms with Gasteiger partial charge in [0, 0.05) is 5.69 Å². The summed E-state index contributed by atoms with van der Waals surface area (Å²) < 4.78 is 5.70. The van der Waals surface area contributed by atoms with Crippen molar-refractivity contribution in [2.45, 2.75) is 13.3 Å². The van der Waals surface area contributed by atoms with Crippen molar-refractivity contribution in [2.24, 2.45) is 0 Å². The number of rotatable bonds is 5. The van der Waals surface area contributed by atoms with Crippen LogP contribution in [0.3, 0.4) is 0 Å². The lowest BCUT2D eigenvalue weighted by Crippen LogP contribution is -1.99. The molecule has 0 aromatic heterocycles. The Balaban J connectivity index is 2.15. The summed E-state index contributed by atoms with van der Waals surface area (Å²) in [6.45, 7) is 2.85. The molecule has 2 rings (SSSR count). The van der Waals surface area contributed by atoms with Gasteiger partial charge < -0.3 is 10.1 Å².